The SMILES string of the molecule is CC(=O)N[C@@H](CCCCN)C(=O)NCCC(=O)Nc1cc(COC(=O)NC23CC(Cc4ccc([C@H]5O[C@@H]6C[C@H]7[C@@H]8CCC9=CC(=O)C=C[C@]9(C)[C@H]8[C@@H](O)C[C@]7(C)[C@]6(C(=O)CO)O5)cc4)(C2)C3)ccc1O[C@@H]1O[C@H](C(=O)O)[C@@H](O)[C@H](O)[C@H]1O. The number of carboxylic acids is 1. The molecule has 2 aromatic rings. The smallest absolute Gasteiger partial charge is 0.407 e. The van der Waals surface area contributed by atoms with E-state index in [9.17, 15) is 64.2 Å². The van der Waals surface area contributed by atoms with Gasteiger partial charge in [0, 0.05) is 47.7 Å². The molecular weight excluding hydrogens is 1070 g/mol. The van der Waals surface area contributed by atoms with E-state index in [1.165, 1.54) is 25.1 Å². The van der Waals surface area contributed by atoms with Crippen LogP contribution in [0.5, 0.6) is 5.75 Å². The van der Waals surface area contributed by atoms with E-state index in [0.717, 1.165) is 29.5 Å². The Kier molecular flexibility index (Phi) is 16.4. The number of carboxylic acid groups (broad SMARTS) is 1. The molecule has 6 saturated carbocycles. The molecule has 9 aliphatic rings. The lowest BCUT2D eigenvalue weighted by atomic mass is 9.38. The largest absolute Gasteiger partial charge is 0.479 e. The van der Waals surface area contributed by atoms with Crippen molar-refractivity contribution in [2.45, 2.75) is 171 Å². The van der Waals surface area contributed by atoms with Crippen LogP contribution in [-0.4, -0.2) is 152 Å². The molecule has 15 atom stereocenters. The summed E-state index contributed by atoms with van der Waals surface area (Å²) in [5, 5.41) is 74.2. The maximum atomic E-state index is 14.1. The van der Waals surface area contributed by atoms with Gasteiger partial charge in [-0.1, -0.05) is 55.8 Å². The van der Waals surface area contributed by atoms with Gasteiger partial charge in [-0.2, -0.15) is 0 Å². The number of anilines is 1. The van der Waals surface area contributed by atoms with E-state index >= 15 is 0 Å². The number of hydrogen-bond donors (Lipinski definition) is 11. The number of carbonyl (C=O) groups excluding carboxylic acids is 6. The highest BCUT2D eigenvalue weighted by Gasteiger charge is 2.76. The maximum Gasteiger partial charge on any atom is 0.407 e. The number of allylic oxidation sites excluding steroid dienone is 4. The van der Waals surface area contributed by atoms with Crippen molar-refractivity contribution in [3.05, 3.63) is 83.0 Å². The van der Waals surface area contributed by atoms with Crippen molar-refractivity contribution >= 4 is 47.0 Å². The number of fused-ring (bicyclic) bond motifs is 7. The van der Waals surface area contributed by atoms with E-state index in [-0.39, 0.29) is 66.4 Å². The van der Waals surface area contributed by atoms with Gasteiger partial charge in [0.15, 0.2) is 29.6 Å². The van der Waals surface area contributed by atoms with Gasteiger partial charge in [0.1, 0.15) is 43.3 Å². The van der Waals surface area contributed by atoms with Crippen LogP contribution in [0, 0.1) is 34.0 Å². The quantitative estimate of drug-likeness (QED) is 0.0797. The van der Waals surface area contributed by atoms with Gasteiger partial charge in [-0.3, -0.25) is 24.0 Å². The summed E-state index contributed by atoms with van der Waals surface area (Å²) < 4.78 is 30.2. The molecular formula is C59H75N5O18. The van der Waals surface area contributed by atoms with Crippen LogP contribution in [0.2, 0.25) is 0 Å². The lowest BCUT2D eigenvalue weighted by Crippen LogP contribution is -2.75. The molecule has 2 aromatic carbocycles. The number of aliphatic hydroxyl groups excluding tert-OH is 5. The van der Waals surface area contributed by atoms with E-state index in [1.807, 2.05) is 37.3 Å². The third kappa shape index (κ3) is 10.8. The van der Waals surface area contributed by atoms with Crippen LogP contribution in [0.1, 0.15) is 114 Å². The Morgan fingerprint density at radius 2 is 1.66 bits per heavy atom. The Morgan fingerprint density at radius 3 is 2.35 bits per heavy atom. The summed E-state index contributed by atoms with van der Waals surface area (Å²) in [6.45, 7) is 4.67. The number of alkyl carbamates (subject to hydrolysis) is 1. The number of ether oxygens (including phenoxy) is 5. The topological polar surface area (TPSA) is 361 Å². The Hall–Kier alpha value is -6.15. The molecule has 8 fully saturated rings. The average molecular weight is 1140 g/mol. The molecule has 23 nitrogen and oxygen atoms in total. The van der Waals surface area contributed by atoms with Gasteiger partial charge in [0.05, 0.1) is 17.9 Å². The first-order valence-electron chi connectivity index (χ1n) is 28.4. The standard InChI is InChI=1S/C59H75N5O18/c1-30(66)62-38(6-4-5-18-60)50(74)61-19-16-44(70)63-39-20-32(9-14-41(39)79-53-48(73)46(71)47(72)49(81-53)51(75)76)26-78-54(77)64-58-27-57(28-58,29-58)23-31-7-10-33(11-8-31)52-80-43-22-37-36-13-12-34-21-35(67)15-17-55(34,2)45(36)40(68)24-56(37,3)59(43,82-52)42(69)25-65/h7-11,14-15,17,20-21,36-38,40,43,45-49,52-53,65,68,71-73H,4-6,12-13,16,18-19,22-29,60H2,1-3H3,(H,61,74)(H,62,66)(H,63,70)(H,64,77)(H,75,76)/t36-,37-,38-,40-,43+,45+,46-,47-,48+,49-,52-,53+,55-,56-,57?,58?,59+/m0/s1. The molecule has 444 valence electrons. The van der Waals surface area contributed by atoms with Crippen LogP contribution in [0.15, 0.2) is 66.3 Å². The van der Waals surface area contributed by atoms with Gasteiger partial charge in [-0.15, -0.1) is 0 Å². The van der Waals surface area contributed by atoms with Crippen molar-refractivity contribution in [3.8, 4) is 5.75 Å². The Labute approximate surface area is 473 Å². The summed E-state index contributed by atoms with van der Waals surface area (Å²) in [5.41, 5.74) is 5.47. The summed E-state index contributed by atoms with van der Waals surface area (Å²) in [7, 11) is 0. The number of hydrogen-bond acceptors (Lipinski definition) is 18. The lowest BCUT2D eigenvalue weighted by molar-refractivity contribution is -0.271. The molecule has 7 aliphatic carbocycles. The predicted molar refractivity (Wildman–Crippen MR) is 288 cm³/mol. The second-order valence-electron chi connectivity index (χ2n) is 24.6. The zero-order chi connectivity index (χ0) is 58.7. The molecule has 4 amide bonds. The summed E-state index contributed by atoms with van der Waals surface area (Å²) in [6, 6.07) is 11.3. The highest BCUT2D eigenvalue weighted by atomic mass is 16.7. The fraction of sp³-hybridized carbons (Fsp3) is 0.610. The fourth-order valence-electron chi connectivity index (χ4n) is 15.6. The van der Waals surface area contributed by atoms with Crippen LogP contribution in [0.25, 0.3) is 0 Å². The number of nitrogens with two attached hydrogens (primary N) is 1. The molecule has 11 rings (SSSR count). The van der Waals surface area contributed by atoms with E-state index in [2.05, 4.69) is 28.2 Å². The molecule has 2 heterocycles. The highest BCUT2D eigenvalue weighted by molar-refractivity contribution is 6.01. The molecule has 0 aromatic heterocycles. The van der Waals surface area contributed by atoms with E-state index in [4.69, 9.17) is 29.4 Å². The molecule has 82 heavy (non-hydrogen) atoms. The zero-order valence-corrected chi connectivity index (χ0v) is 46.2. The second-order valence-corrected chi connectivity index (χ2v) is 24.6. The molecule has 0 spiro atoms. The van der Waals surface area contributed by atoms with Crippen LogP contribution in [-0.2, 0) is 60.7 Å². The van der Waals surface area contributed by atoms with Crippen molar-refractivity contribution in [3.63, 3.8) is 0 Å². The van der Waals surface area contributed by atoms with Crippen molar-refractivity contribution in [2.24, 2.45) is 39.7 Å². The van der Waals surface area contributed by atoms with Crippen molar-refractivity contribution < 1.29 is 87.9 Å². The molecule has 0 radical (unpaired) electrons. The number of ketones is 2. The van der Waals surface area contributed by atoms with E-state index in [1.54, 1.807) is 12.2 Å². The highest BCUT2D eigenvalue weighted by Crippen LogP contribution is 2.71. The van der Waals surface area contributed by atoms with E-state index in [0.29, 0.717) is 63.5 Å². The van der Waals surface area contributed by atoms with Crippen LogP contribution in [0.3, 0.4) is 0 Å². The monoisotopic (exact) mass is 1140 g/mol. The number of rotatable bonds is 21. The first-order valence-corrected chi connectivity index (χ1v) is 28.4. The molecule has 2 bridgehead atoms. The van der Waals surface area contributed by atoms with Crippen LogP contribution >= 0.6 is 0 Å². The maximum absolute atomic E-state index is 14.1. The summed E-state index contributed by atoms with van der Waals surface area (Å²) in [6.07, 6.45) is -0.881. The Balaban J connectivity index is 0.735. The summed E-state index contributed by atoms with van der Waals surface area (Å²) in [5.74, 6) is -3.94. The fourth-order valence-corrected chi connectivity index (χ4v) is 15.6. The van der Waals surface area contributed by atoms with Crippen molar-refractivity contribution in [1.29, 1.82) is 0 Å². The first kappa shape index (κ1) is 59.0. The number of unbranched alkanes of at least 4 members (excludes halogenated alkanes) is 1. The van der Waals surface area contributed by atoms with Crippen molar-refractivity contribution in [1.82, 2.24) is 16.0 Å². The Morgan fingerprint density at radius 1 is 0.927 bits per heavy atom. The molecule has 0 unspecified atom stereocenters. The van der Waals surface area contributed by atoms with Gasteiger partial charge in [-0.05, 0) is 130 Å². The first-order chi connectivity index (χ1) is 39.0. The van der Waals surface area contributed by atoms with Gasteiger partial charge in [-0.25, -0.2) is 9.59 Å². The minimum atomic E-state index is -1.98. The van der Waals surface area contributed by atoms with E-state index < -0.39 is 119 Å². The molecule has 2 saturated heterocycles. The predicted octanol–water partition coefficient (Wildman–Crippen LogP) is 2.03. The molecule has 2 aliphatic heterocycles. The summed E-state index contributed by atoms with van der Waals surface area (Å²) in [4.78, 5) is 89.5. The third-order valence-electron chi connectivity index (χ3n) is 19.2. The number of aliphatic carboxylic acids is 1. The molecule has 23 heteroatoms. The van der Waals surface area contributed by atoms with Crippen LogP contribution < -0.4 is 31.7 Å². The lowest BCUT2D eigenvalue weighted by Gasteiger charge is -2.70. The minimum Gasteiger partial charge on any atom is -0.479 e. The number of Topliss-reactive ketones (excluding diaryl/α,β-unsaturated/α-hetero) is 1. The molecule has 12 N–H and O–H groups in total. The number of nitrogens with one attached hydrogen (secondary N) is 4. The summed E-state index contributed by atoms with van der Waals surface area (Å²) >= 11 is 0. The van der Waals surface area contributed by atoms with Crippen LogP contribution in [0.4, 0.5) is 10.5 Å². The van der Waals surface area contributed by atoms with Gasteiger partial charge >= 0.3 is 12.1 Å². The minimum absolute atomic E-state index is 0.0276. The number of aliphatic hydroxyl groups is 5. The number of carbonyl (C=O) groups is 7. The average Bonchev–Trinajstić information content (AvgIpc) is 1.60. The normalized spacial score (nSPS) is 36.8. The van der Waals surface area contributed by atoms with Gasteiger partial charge in [0.25, 0.3) is 0 Å². The second kappa shape index (κ2) is 22.8. The number of amides is 4. The Bertz CT molecular complexity index is 2900. The zero-order valence-electron chi connectivity index (χ0n) is 46.2. The van der Waals surface area contributed by atoms with Crippen molar-refractivity contribution in [2.75, 3.05) is 25.0 Å². The van der Waals surface area contributed by atoms with Gasteiger partial charge in [0.2, 0.25) is 24.0 Å². The number of benzene rings is 2. The third-order valence-corrected chi connectivity index (χ3v) is 19.2. The van der Waals surface area contributed by atoms with Gasteiger partial charge < -0.3 is 81.3 Å².